The number of fused-ring (bicyclic) bond motifs is 2. The number of halogens is 1. The number of hydrogen-bond acceptors (Lipinski definition) is 3. The van der Waals surface area contributed by atoms with Gasteiger partial charge in [0.1, 0.15) is 5.82 Å². The number of carbonyl (C=O) groups is 1. The van der Waals surface area contributed by atoms with E-state index in [1.807, 2.05) is 6.07 Å². The quantitative estimate of drug-likeness (QED) is 0.844. The van der Waals surface area contributed by atoms with Gasteiger partial charge in [0.15, 0.2) is 0 Å². The summed E-state index contributed by atoms with van der Waals surface area (Å²) in [4.78, 5) is 11.6. The third-order valence-corrected chi connectivity index (χ3v) is 4.87. The second kappa shape index (κ2) is 5.17. The molecule has 1 saturated heterocycles. The molecule has 1 unspecified atom stereocenters. The van der Waals surface area contributed by atoms with E-state index in [9.17, 15) is 9.18 Å². The third-order valence-electron chi connectivity index (χ3n) is 4.87. The van der Waals surface area contributed by atoms with Gasteiger partial charge in [0, 0.05) is 0 Å². The predicted molar refractivity (Wildman–Crippen MR) is 74.2 cm³/mol. The van der Waals surface area contributed by atoms with Crippen LogP contribution in [0.15, 0.2) is 18.2 Å². The Hall–Kier alpha value is -1.42. The van der Waals surface area contributed by atoms with Crippen molar-refractivity contribution in [3.05, 3.63) is 35.1 Å². The molecule has 0 bridgehead atoms. The molecule has 1 aliphatic heterocycles. The molecule has 1 N–H and O–H groups in total. The van der Waals surface area contributed by atoms with Crippen LogP contribution in [0.1, 0.15) is 42.7 Å². The molecule has 1 heterocycles. The van der Waals surface area contributed by atoms with Crippen LogP contribution in [0.4, 0.5) is 4.39 Å². The lowest BCUT2D eigenvalue weighted by Gasteiger charge is -2.35. The van der Waals surface area contributed by atoms with Crippen LogP contribution in [0.2, 0.25) is 0 Å². The molecule has 4 heteroatoms. The SMILES string of the molecule is COC(=O)CC1CC2(CCNCC2)c2cc(F)ccc21. The van der Waals surface area contributed by atoms with Crippen LogP contribution < -0.4 is 5.32 Å². The molecule has 1 aromatic carbocycles. The summed E-state index contributed by atoms with van der Waals surface area (Å²) in [6, 6.07) is 5.04. The number of piperidine rings is 1. The molecule has 0 aromatic heterocycles. The van der Waals surface area contributed by atoms with E-state index >= 15 is 0 Å². The van der Waals surface area contributed by atoms with E-state index in [4.69, 9.17) is 4.74 Å². The molecule has 1 fully saturated rings. The van der Waals surface area contributed by atoms with E-state index in [0.717, 1.165) is 43.5 Å². The molecular formula is C16H20FNO2. The number of ether oxygens (including phenoxy) is 1. The van der Waals surface area contributed by atoms with Gasteiger partial charge >= 0.3 is 5.97 Å². The van der Waals surface area contributed by atoms with E-state index in [2.05, 4.69) is 5.32 Å². The molecule has 1 aliphatic carbocycles. The largest absolute Gasteiger partial charge is 0.469 e. The highest BCUT2D eigenvalue weighted by Crippen LogP contribution is 2.52. The minimum atomic E-state index is -0.184. The van der Waals surface area contributed by atoms with Gasteiger partial charge < -0.3 is 10.1 Å². The summed E-state index contributed by atoms with van der Waals surface area (Å²) in [6.07, 6.45) is 3.36. The average molecular weight is 277 g/mol. The standard InChI is InChI=1S/C16H20FNO2/c1-20-15(19)8-11-10-16(4-6-18-7-5-16)14-9-12(17)2-3-13(11)14/h2-3,9,11,18H,4-8,10H2,1H3. The molecule has 1 spiro atoms. The van der Waals surface area contributed by atoms with Crippen molar-refractivity contribution >= 4 is 5.97 Å². The molecule has 0 saturated carbocycles. The van der Waals surface area contributed by atoms with Crippen LogP contribution >= 0.6 is 0 Å². The van der Waals surface area contributed by atoms with E-state index in [1.165, 1.54) is 13.2 Å². The number of carbonyl (C=O) groups excluding carboxylic acids is 1. The summed E-state index contributed by atoms with van der Waals surface area (Å²) in [6.45, 7) is 1.92. The van der Waals surface area contributed by atoms with Gasteiger partial charge in [-0.3, -0.25) is 4.79 Å². The fraction of sp³-hybridized carbons (Fsp3) is 0.562. The Morgan fingerprint density at radius 2 is 2.20 bits per heavy atom. The van der Waals surface area contributed by atoms with Crippen LogP contribution in [0.25, 0.3) is 0 Å². The Bertz CT molecular complexity index is 523. The molecule has 108 valence electrons. The molecule has 2 aliphatic rings. The van der Waals surface area contributed by atoms with Gasteiger partial charge in [0.2, 0.25) is 0 Å². The summed E-state index contributed by atoms with van der Waals surface area (Å²) in [5, 5.41) is 3.36. The molecule has 20 heavy (non-hydrogen) atoms. The Balaban J connectivity index is 1.97. The number of esters is 1. The summed E-state index contributed by atoms with van der Waals surface area (Å²) in [5.74, 6) is -0.201. The number of benzene rings is 1. The minimum Gasteiger partial charge on any atom is -0.469 e. The van der Waals surface area contributed by atoms with Gasteiger partial charge in [-0.25, -0.2) is 4.39 Å². The summed E-state index contributed by atoms with van der Waals surface area (Å²) < 4.78 is 18.4. The number of methoxy groups -OCH3 is 1. The summed E-state index contributed by atoms with van der Waals surface area (Å²) in [7, 11) is 1.42. The van der Waals surface area contributed by atoms with Crippen molar-refractivity contribution in [1.82, 2.24) is 5.32 Å². The molecular weight excluding hydrogens is 257 g/mol. The maximum Gasteiger partial charge on any atom is 0.306 e. The maximum absolute atomic E-state index is 13.6. The average Bonchev–Trinajstić information content (AvgIpc) is 2.73. The highest BCUT2D eigenvalue weighted by Gasteiger charge is 2.44. The Morgan fingerprint density at radius 3 is 2.90 bits per heavy atom. The van der Waals surface area contributed by atoms with E-state index in [-0.39, 0.29) is 23.1 Å². The molecule has 3 nitrogen and oxygen atoms in total. The van der Waals surface area contributed by atoms with Crippen LogP contribution in [-0.2, 0) is 14.9 Å². The fourth-order valence-electron chi connectivity index (χ4n) is 3.88. The Kier molecular flexibility index (Phi) is 3.50. The first-order valence-electron chi connectivity index (χ1n) is 7.22. The van der Waals surface area contributed by atoms with Crippen LogP contribution in [0.3, 0.4) is 0 Å². The van der Waals surface area contributed by atoms with E-state index in [0.29, 0.717) is 6.42 Å². The Labute approximate surface area is 118 Å². The molecule has 1 atom stereocenters. The lowest BCUT2D eigenvalue weighted by molar-refractivity contribution is -0.141. The minimum absolute atomic E-state index is 0.0430. The van der Waals surface area contributed by atoms with Gasteiger partial charge in [-0.1, -0.05) is 6.07 Å². The predicted octanol–water partition coefficient (Wildman–Crippen LogP) is 2.50. The number of nitrogens with one attached hydrogen (secondary N) is 1. The van der Waals surface area contributed by atoms with Gasteiger partial charge in [0.25, 0.3) is 0 Å². The van der Waals surface area contributed by atoms with Crippen molar-refractivity contribution in [1.29, 1.82) is 0 Å². The summed E-state index contributed by atoms with van der Waals surface area (Å²) in [5.41, 5.74) is 2.30. The molecule has 3 rings (SSSR count). The second-order valence-corrected chi connectivity index (χ2v) is 5.94. The first kappa shape index (κ1) is 13.6. The second-order valence-electron chi connectivity index (χ2n) is 5.94. The topological polar surface area (TPSA) is 38.3 Å². The van der Waals surface area contributed by atoms with Crippen LogP contribution in [-0.4, -0.2) is 26.2 Å². The van der Waals surface area contributed by atoms with Gasteiger partial charge in [0.05, 0.1) is 13.5 Å². The van der Waals surface area contributed by atoms with Gasteiger partial charge in [-0.05, 0) is 66.9 Å². The zero-order valence-electron chi connectivity index (χ0n) is 11.7. The molecule has 0 radical (unpaired) electrons. The maximum atomic E-state index is 13.6. The van der Waals surface area contributed by atoms with E-state index in [1.54, 1.807) is 6.07 Å². The first-order valence-corrected chi connectivity index (χ1v) is 7.22. The van der Waals surface area contributed by atoms with Crippen molar-refractivity contribution in [3.8, 4) is 0 Å². The van der Waals surface area contributed by atoms with Crippen molar-refractivity contribution in [2.24, 2.45) is 0 Å². The van der Waals surface area contributed by atoms with Crippen molar-refractivity contribution in [3.63, 3.8) is 0 Å². The Morgan fingerprint density at radius 1 is 1.45 bits per heavy atom. The monoisotopic (exact) mass is 277 g/mol. The highest BCUT2D eigenvalue weighted by atomic mass is 19.1. The zero-order valence-corrected chi connectivity index (χ0v) is 11.7. The first-order chi connectivity index (χ1) is 9.64. The smallest absolute Gasteiger partial charge is 0.306 e. The lowest BCUT2D eigenvalue weighted by Crippen LogP contribution is -2.38. The normalized spacial score (nSPS) is 23.6. The highest BCUT2D eigenvalue weighted by molar-refractivity contribution is 5.71. The fourth-order valence-corrected chi connectivity index (χ4v) is 3.88. The number of hydrogen-bond donors (Lipinski definition) is 1. The molecule has 0 amide bonds. The summed E-state index contributed by atoms with van der Waals surface area (Å²) >= 11 is 0. The van der Waals surface area contributed by atoms with Gasteiger partial charge in [-0.2, -0.15) is 0 Å². The van der Waals surface area contributed by atoms with Crippen molar-refractivity contribution < 1.29 is 13.9 Å². The molecule has 1 aromatic rings. The third kappa shape index (κ3) is 2.22. The van der Waals surface area contributed by atoms with Crippen molar-refractivity contribution in [2.45, 2.75) is 37.0 Å². The zero-order chi connectivity index (χ0) is 14.2. The number of rotatable bonds is 2. The van der Waals surface area contributed by atoms with Crippen LogP contribution in [0, 0.1) is 5.82 Å². The van der Waals surface area contributed by atoms with Crippen molar-refractivity contribution in [2.75, 3.05) is 20.2 Å². The van der Waals surface area contributed by atoms with E-state index < -0.39 is 0 Å². The lowest BCUT2D eigenvalue weighted by atomic mass is 9.73. The van der Waals surface area contributed by atoms with Crippen LogP contribution in [0.5, 0.6) is 0 Å². The van der Waals surface area contributed by atoms with Gasteiger partial charge in [-0.15, -0.1) is 0 Å².